The van der Waals surface area contributed by atoms with Crippen LogP contribution < -0.4 is 0 Å². The van der Waals surface area contributed by atoms with Crippen LogP contribution >= 0.6 is 15.9 Å². The van der Waals surface area contributed by atoms with E-state index in [4.69, 9.17) is 0 Å². The first kappa shape index (κ1) is 10.2. The summed E-state index contributed by atoms with van der Waals surface area (Å²) in [7, 11) is 0. The Hall–Kier alpha value is -1.28. The maximum Gasteiger partial charge on any atom is 0.0483 e. The standard InChI is InChI=1S/C13H12BrN/c1-2-9-15-10-3-4-13(15)11-5-7-12(14)8-6-11/h2-8,10H,1,9H2. The number of aromatic nitrogens is 1. The molecule has 15 heavy (non-hydrogen) atoms. The lowest BCUT2D eigenvalue weighted by Gasteiger charge is -2.06. The second-order valence-corrected chi connectivity index (χ2v) is 4.26. The highest BCUT2D eigenvalue weighted by Gasteiger charge is 2.01. The number of benzene rings is 1. The van der Waals surface area contributed by atoms with Crippen molar-refractivity contribution in [3.05, 3.63) is 59.7 Å². The molecule has 0 radical (unpaired) electrons. The number of hydrogen-bond donors (Lipinski definition) is 0. The zero-order chi connectivity index (χ0) is 10.7. The van der Waals surface area contributed by atoms with Crippen LogP contribution in [-0.4, -0.2) is 4.57 Å². The third-order valence-corrected chi connectivity index (χ3v) is 2.82. The molecular formula is C13H12BrN. The lowest BCUT2D eigenvalue weighted by Crippen LogP contribution is -1.95. The first-order chi connectivity index (χ1) is 7.31. The first-order valence-electron chi connectivity index (χ1n) is 4.83. The van der Waals surface area contributed by atoms with Crippen molar-refractivity contribution in [2.75, 3.05) is 0 Å². The molecule has 1 heterocycles. The third kappa shape index (κ3) is 2.21. The molecule has 0 aliphatic heterocycles. The van der Waals surface area contributed by atoms with Crippen LogP contribution in [0.15, 0.2) is 59.7 Å². The first-order valence-corrected chi connectivity index (χ1v) is 5.62. The van der Waals surface area contributed by atoms with Crippen molar-refractivity contribution in [1.82, 2.24) is 4.57 Å². The van der Waals surface area contributed by atoms with E-state index >= 15 is 0 Å². The highest BCUT2D eigenvalue weighted by molar-refractivity contribution is 9.10. The van der Waals surface area contributed by atoms with Crippen LogP contribution in [0.4, 0.5) is 0 Å². The van der Waals surface area contributed by atoms with Gasteiger partial charge in [-0.25, -0.2) is 0 Å². The summed E-state index contributed by atoms with van der Waals surface area (Å²) in [6, 6.07) is 12.5. The van der Waals surface area contributed by atoms with Gasteiger partial charge in [-0.15, -0.1) is 6.58 Å². The van der Waals surface area contributed by atoms with Gasteiger partial charge in [0.05, 0.1) is 0 Å². The molecule has 0 amide bonds. The molecule has 0 saturated heterocycles. The molecule has 0 unspecified atom stereocenters. The summed E-state index contributed by atoms with van der Waals surface area (Å²) in [5, 5.41) is 0. The van der Waals surface area contributed by atoms with Crippen LogP contribution in [0.2, 0.25) is 0 Å². The fraction of sp³-hybridized carbons (Fsp3) is 0.0769. The minimum absolute atomic E-state index is 0.846. The van der Waals surface area contributed by atoms with Crippen molar-refractivity contribution >= 4 is 15.9 Å². The Labute approximate surface area is 98.2 Å². The predicted octanol–water partition coefficient (Wildman–Crippen LogP) is 4.10. The summed E-state index contributed by atoms with van der Waals surface area (Å²) in [6.45, 7) is 4.60. The molecule has 76 valence electrons. The highest BCUT2D eigenvalue weighted by atomic mass is 79.9. The van der Waals surface area contributed by atoms with Crippen molar-refractivity contribution in [2.45, 2.75) is 6.54 Å². The lowest BCUT2D eigenvalue weighted by atomic mass is 10.1. The largest absolute Gasteiger partial charge is 0.344 e. The summed E-state index contributed by atoms with van der Waals surface area (Å²) in [5.41, 5.74) is 2.45. The Balaban J connectivity index is 2.40. The Morgan fingerprint density at radius 1 is 1.20 bits per heavy atom. The molecule has 1 aromatic heterocycles. The van der Waals surface area contributed by atoms with E-state index in [-0.39, 0.29) is 0 Å². The molecule has 0 atom stereocenters. The maximum atomic E-state index is 3.76. The van der Waals surface area contributed by atoms with E-state index in [1.165, 1.54) is 11.3 Å². The number of nitrogens with zero attached hydrogens (tertiary/aromatic N) is 1. The zero-order valence-corrected chi connectivity index (χ0v) is 9.94. The minimum atomic E-state index is 0.846. The molecule has 1 aromatic carbocycles. The monoisotopic (exact) mass is 261 g/mol. The van der Waals surface area contributed by atoms with Gasteiger partial charge in [0.25, 0.3) is 0 Å². The Kier molecular flexibility index (Phi) is 3.07. The minimum Gasteiger partial charge on any atom is -0.344 e. The molecular weight excluding hydrogens is 250 g/mol. The van der Waals surface area contributed by atoms with Gasteiger partial charge in [-0.05, 0) is 29.8 Å². The lowest BCUT2D eigenvalue weighted by molar-refractivity contribution is 0.840. The molecule has 0 spiro atoms. The number of allylic oxidation sites excluding steroid dienone is 1. The van der Waals surface area contributed by atoms with E-state index in [1.54, 1.807) is 0 Å². The molecule has 1 nitrogen and oxygen atoms in total. The molecule has 0 saturated carbocycles. The van der Waals surface area contributed by atoms with E-state index in [1.807, 2.05) is 6.08 Å². The molecule has 0 fully saturated rings. The zero-order valence-electron chi connectivity index (χ0n) is 8.36. The molecule has 0 aliphatic carbocycles. The Morgan fingerprint density at radius 2 is 1.93 bits per heavy atom. The molecule has 0 N–H and O–H groups in total. The molecule has 2 rings (SSSR count). The average molecular weight is 262 g/mol. The second-order valence-electron chi connectivity index (χ2n) is 3.34. The van der Waals surface area contributed by atoms with Gasteiger partial charge >= 0.3 is 0 Å². The normalized spacial score (nSPS) is 10.2. The summed E-state index contributed by atoms with van der Waals surface area (Å²) in [6.07, 6.45) is 3.97. The Morgan fingerprint density at radius 3 is 2.60 bits per heavy atom. The van der Waals surface area contributed by atoms with E-state index in [9.17, 15) is 0 Å². The van der Waals surface area contributed by atoms with Gasteiger partial charge < -0.3 is 4.57 Å². The van der Waals surface area contributed by atoms with Gasteiger partial charge in [0.15, 0.2) is 0 Å². The van der Waals surface area contributed by atoms with Gasteiger partial charge in [-0.2, -0.15) is 0 Å². The fourth-order valence-corrected chi connectivity index (χ4v) is 1.86. The number of halogens is 1. The molecule has 2 aromatic rings. The molecule has 0 bridgehead atoms. The van der Waals surface area contributed by atoms with Crippen LogP contribution in [0.25, 0.3) is 11.3 Å². The van der Waals surface area contributed by atoms with E-state index < -0.39 is 0 Å². The van der Waals surface area contributed by atoms with Crippen LogP contribution in [0.5, 0.6) is 0 Å². The second kappa shape index (κ2) is 4.49. The van der Waals surface area contributed by atoms with E-state index in [0.29, 0.717) is 0 Å². The highest BCUT2D eigenvalue weighted by Crippen LogP contribution is 2.22. The average Bonchev–Trinajstić information content (AvgIpc) is 2.68. The van der Waals surface area contributed by atoms with Crippen molar-refractivity contribution in [1.29, 1.82) is 0 Å². The van der Waals surface area contributed by atoms with Crippen molar-refractivity contribution < 1.29 is 0 Å². The number of rotatable bonds is 3. The van der Waals surface area contributed by atoms with Gasteiger partial charge in [0.1, 0.15) is 0 Å². The number of hydrogen-bond acceptors (Lipinski definition) is 0. The van der Waals surface area contributed by atoms with Crippen LogP contribution in [0.3, 0.4) is 0 Å². The van der Waals surface area contributed by atoms with E-state index in [2.05, 4.69) is 69.7 Å². The van der Waals surface area contributed by atoms with Gasteiger partial charge in [-0.3, -0.25) is 0 Å². The summed E-state index contributed by atoms with van der Waals surface area (Å²) < 4.78 is 3.28. The summed E-state index contributed by atoms with van der Waals surface area (Å²) in [5.74, 6) is 0. The van der Waals surface area contributed by atoms with Crippen molar-refractivity contribution in [3.8, 4) is 11.3 Å². The van der Waals surface area contributed by atoms with E-state index in [0.717, 1.165) is 11.0 Å². The maximum absolute atomic E-state index is 3.76. The molecule has 0 aliphatic rings. The summed E-state index contributed by atoms with van der Waals surface area (Å²) in [4.78, 5) is 0. The topological polar surface area (TPSA) is 4.93 Å². The van der Waals surface area contributed by atoms with Crippen LogP contribution in [-0.2, 0) is 6.54 Å². The smallest absolute Gasteiger partial charge is 0.0483 e. The predicted molar refractivity (Wildman–Crippen MR) is 67.8 cm³/mol. The third-order valence-electron chi connectivity index (χ3n) is 2.30. The van der Waals surface area contributed by atoms with Gasteiger partial charge in [0, 0.05) is 22.9 Å². The van der Waals surface area contributed by atoms with Gasteiger partial charge in [0.2, 0.25) is 0 Å². The van der Waals surface area contributed by atoms with Crippen LogP contribution in [0, 0.1) is 0 Å². The van der Waals surface area contributed by atoms with Gasteiger partial charge in [-0.1, -0.05) is 34.1 Å². The quantitative estimate of drug-likeness (QED) is 0.734. The SMILES string of the molecule is C=CCn1cccc1-c1ccc(Br)cc1. The van der Waals surface area contributed by atoms with Crippen molar-refractivity contribution in [3.63, 3.8) is 0 Å². The molecule has 2 heteroatoms. The van der Waals surface area contributed by atoms with Crippen LogP contribution in [0.1, 0.15) is 0 Å². The summed E-state index contributed by atoms with van der Waals surface area (Å²) >= 11 is 3.44. The fourth-order valence-electron chi connectivity index (χ4n) is 1.60. The van der Waals surface area contributed by atoms with Crippen molar-refractivity contribution in [2.24, 2.45) is 0 Å². The Bertz CT molecular complexity index is 454.